The Labute approximate surface area is 222 Å². The maximum atomic E-state index is 13.2. The topological polar surface area (TPSA) is 75.9 Å². The number of ether oxygens (including phenoxy) is 1. The molecule has 6 nitrogen and oxygen atoms in total. The predicted octanol–water partition coefficient (Wildman–Crippen LogP) is 5.20. The third-order valence-corrected chi connectivity index (χ3v) is 7.48. The lowest BCUT2D eigenvalue weighted by atomic mass is 9.94. The van der Waals surface area contributed by atoms with Gasteiger partial charge in [0.2, 0.25) is 5.91 Å². The van der Waals surface area contributed by atoms with Crippen LogP contribution in [0.5, 0.6) is 11.5 Å². The highest BCUT2D eigenvalue weighted by Gasteiger charge is 2.27. The van der Waals surface area contributed by atoms with Gasteiger partial charge in [-0.15, -0.1) is 0 Å². The highest BCUT2D eigenvalue weighted by atomic mass is 16.5. The van der Waals surface area contributed by atoms with Crippen LogP contribution in [0.4, 0.5) is 0 Å². The molecule has 0 bridgehead atoms. The van der Waals surface area contributed by atoms with Gasteiger partial charge in [0.05, 0.1) is 0 Å². The summed E-state index contributed by atoms with van der Waals surface area (Å²) in [7, 11) is 2.08. The van der Waals surface area contributed by atoms with E-state index < -0.39 is 5.91 Å². The second kappa shape index (κ2) is 9.80. The number of nitrogens with zero attached hydrogens (tertiary/aromatic N) is 2. The summed E-state index contributed by atoms with van der Waals surface area (Å²) in [5, 5.41) is 0. The zero-order chi connectivity index (χ0) is 26.2. The molecule has 2 N–H and O–H groups in total. The molecule has 0 unspecified atom stereocenters. The zero-order valence-corrected chi connectivity index (χ0v) is 21.3. The zero-order valence-electron chi connectivity index (χ0n) is 21.3. The largest absolute Gasteiger partial charge is 0.457 e. The lowest BCUT2D eigenvalue weighted by molar-refractivity contribution is 0.0664. The normalized spacial score (nSPS) is 14.6. The summed E-state index contributed by atoms with van der Waals surface area (Å²) < 4.78 is 5.92. The quantitative estimate of drug-likeness (QED) is 0.358. The van der Waals surface area contributed by atoms with Gasteiger partial charge in [0.1, 0.15) is 11.5 Å². The Morgan fingerprint density at radius 2 is 1.47 bits per heavy atom. The number of carbonyl (C=O) groups excluding carboxylic acids is 2. The summed E-state index contributed by atoms with van der Waals surface area (Å²) >= 11 is 0. The Balaban J connectivity index is 1.30. The minimum Gasteiger partial charge on any atom is -0.457 e. The minimum absolute atomic E-state index is 0.0606. The van der Waals surface area contributed by atoms with Crippen molar-refractivity contribution in [2.45, 2.75) is 6.42 Å². The number of fused-ring (bicyclic) bond motifs is 3. The lowest BCUT2D eigenvalue weighted by Gasteiger charge is -2.32. The van der Waals surface area contributed by atoms with Gasteiger partial charge < -0.3 is 20.3 Å². The Morgan fingerprint density at radius 3 is 2.18 bits per heavy atom. The smallest absolute Gasteiger partial charge is 0.253 e. The maximum Gasteiger partial charge on any atom is 0.253 e. The van der Waals surface area contributed by atoms with E-state index in [1.54, 1.807) is 0 Å². The molecule has 1 aliphatic heterocycles. The third-order valence-electron chi connectivity index (χ3n) is 7.48. The highest BCUT2D eigenvalue weighted by molar-refractivity contribution is 6.01. The molecule has 4 aromatic carbocycles. The molecule has 4 aromatic rings. The first kappa shape index (κ1) is 23.9. The van der Waals surface area contributed by atoms with E-state index in [4.69, 9.17) is 10.5 Å². The molecule has 0 atom stereocenters. The van der Waals surface area contributed by atoms with E-state index in [2.05, 4.69) is 18.0 Å². The van der Waals surface area contributed by atoms with E-state index in [1.807, 2.05) is 83.8 Å². The van der Waals surface area contributed by atoms with Gasteiger partial charge in [-0.25, -0.2) is 0 Å². The van der Waals surface area contributed by atoms with Crippen molar-refractivity contribution in [2.24, 2.45) is 5.73 Å². The second-order valence-electron chi connectivity index (χ2n) is 10.00. The molecular formula is C32H29N3O3. The number of rotatable bonds is 5. The fraction of sp³-hybridized carbons (Fsp3) is 0.188. The first-order valence-corrected chi connectivity index (χ1v) is 12.9. The Bertz CT molecular complexity index is 1520. The van der Waals surface area contributed by atoms with E-state index in [-0.39, 0.29) is 5.91 Å². The molecule has 6 rings (SSSR count). The van der Waals surface area contributed by atoms with Crippen molar-refractivity contribution < 1.29 is 14.3 Å². The molecule has 38 heavy (non-hydrogen) atoms. The molecule has 190 valence electrons. The monoisotopic (exact) mass is 503 g/mol. The van der Waals surface area contributed by atoms with Crippen molar-refractivity contribution >= 4 is 11.8 Å². The number of hydrogen-bond donors (Lipinski definition) is 1. The number of amides is 2. The van der Waals surface area contributed by atoms with Crippen molar-refractivity contribution in [1.29, 1.82) is 0 Å². The van der Waals surface area contributed by atoms with Crippen LogP contribution in [-0.2, 0) is 6.42 Å². The molecule has 1 heterocycles. The van der Waals surface area contributed by atoms with Gasteiger partial charge in [0.25, 0.3) is 5.91 Å². The third kappa shape index (κ3) is 4.55. The van der Waals surface area contributed by atoms with E-state index in [1.165, 1.54) is 0 Å². The standard InChI is InChI=1S/C32H29N3O3/c1-34-13-15-35(16-14-34)32(37)22-9-12-27-24(17-22)20-29-28(27)18-23(19-30(29)31(33)36)21-7-10-26(11-8-21)38-25-5-3-2-4-6-25/h2-12,17-19H,13-16,20H2,1H3,(H2,33,36). The van der Waals surface area contributed by atoms with Crippen LogP contribution in [0.2, 0.25) is 0 Å². The van der Waals surface area contributed by atoms with Crippen LogP contribution in [0.25, 0.3) is 22.3 Å². The lowest BCUT2D eigenvalue weighted by Crippen LogP contribution is -2.47. The van der Waals surface area contributed by atoms with Crippen LogP contribution in [-0.4, -0.2) is 54.8 Å². The Kier molecular flexibility index (Phi) is 6.18. The number of carbonyl (C=O) groups is 2. The number of nitrogens with two attached hydrogens (primary N) is 1. The highest BCUT2D eigenvalue weighted by Crippen LogP contribution is 2.42. The second-order valence-corrected chi connectivity index (χ2v) is 10.00. The summed E-state index contributed by atoms with van der Waals surface area (Å²) in [6.45, 7) is 3.23. The Hall–Kier alpha value is -4.42. The predicted molar refractivity (Wildman–Crippen MR) is 149 cm³/mol. The Morgan fingerprint density at radius 1 is 0.763 bits per heavy atom. The van der Waals surface area contributed by atoms with Gasteiger partial charge in [-0.3, -0.25) is 9.59 Å². The van der Waals surface area contributed by atoms with Crippen LogP contribution in [0, 0.1) is 0 Å². The molecule has 6 heteroatoms. The van der Waals surface area contributed by atoms with E-state index in [9.17, 15) is 9.59 Å². The van der Waals surface area contributed by atoms with Crippen molar-refractivity contribution in [2.75, 3.05) is 33.2 Å². The molecular weight excluding hydrogens is 474 g/mol. The number of hydrogen-bond acceptors (Lipinski definition) is 4. The van der Waals surface area contributed by atoms with Crippen molar-refractivity contribution in [1.82, 2.24) is 9.80 Å². The number of para-hydroxylation sites is 1. The molecule has 0 aromatic heterocycles. The number of primary amides is 1. The minimum atomic E-state index is -0.450. The van der Waals surface area contributed by atoms with Crippen LogP contribution in [0.15, 0.2) is 84.9 Å². The van der Waals surface area contributed by atoms with Gasteiger partial charge in [-0.1, -0.05) is 36.4 Å². The SMILES string of the molecule is CN1CCN(C(=O)c2ccc3c(c2)Cc2c(C(N)=O)cc(-c4ccc(Oc5ccccc5)cc4)cc2-3)CC1. The van der Waals surface area contributed by atoms with Crippen molar-refractivity contribution in [3.05, 3.63) is 107 Å². The van der Waals surface area contributed by atoms with E-state index >= 15 is 0 Å². The van der Waals surface area contributed by atoms with Gasteiger partial charge in [-0.05, 0) is 95.4 Å². The fourth-order valence-corrected chi connectivity index (χ4v) is 5.35. The molecule has 0 radical (unpaired) electrons. The van der Waals surface area contributed by atoms with Crippen LogP contribution < -0.4 is 10.5 Å². The average molecular weight is 504 g/mol. The summed E-state index contributed by atoms with van der Waals surface area (Å²) in [6, 6.07) is 27.3. The maximum absolute atomic E-state index is 13.2. The molecule has 1 fully saturated rings. The van der Waals surface area contributed by atoms with Gasteiger partial charge in [0, 0.05) is 37.3 Å². The summed E-state index contributed by atoms with van der Waals surface area (Å²) in [4.78, 5) is 29.8. The van der Waals surface area contributed by atoms with Gasteiger partial charge in [-0.2, -0.15) is 0 Å². The van der Waals surface area contributed by atoms with Crippen LogP contribution >= 0.6 is 0 Å². The summed E-state index contributed by atoms with van der Waals surface area (Å²) in [5.41, 5.74) is 12.9. The average Bonchev–Trinajstić information content (AvgIpc) is 3.31. The van der Waals surface area contributed by atoms with Crippen LogP contribution in [0.1, 0.15) is 31.8 Å². The molecule has 2 amide bonds. The summed E-state index contributed by atoms with van der Waals surface area (Å²) in [6.07, 6.45) is 0.580. The van der Waals surface area contributed by atoms with Crippen LogP contribution in [0.3, 0.4) is 0 Å². The van der Waals surface area contributed by atoms with E-state index in [0.717, 1.165) is 71.1 Å². The number of piperazine rings is 1. The fourth-order valence-electron chi connectivity index (χ4n) is 5.35. The molecule has 0 saturated carbocycles. The first-order chi connectivity index (χ1) is 18.5. The number of likely N-dealkylation sites (N-methyl/N-ethyl adjacent to an activating group) is 1. The molecule has 1 saturated heterocycles. The van der Waals surface area contributed by atoms with Gasteiger partial charge >= 0.3 is 0 Å². The van der Waals surface area contributed by atoms with E-state index in [0.29, 0.717) is 17.5 Å². The number of benzene rings is 4. The van der Waals surface area contributed by atoms with Crippen molar-refractivity contribution in [3.63, 3.8) is 0 Å². The molecule has 1 aliphatic carbocycles. The molecule has 0 spiro atoms. The van der Waals surface area contributed by atoms with Crippen molar-refractivity contribution in [3.8, 4) is 33.8 Å². The summed E-state index contributed by atoms with van der Waals surface area (Å²) in [5.74, 6) is 1.12. The first-order valence-electron chi connectivity index (χ1n) is 12.9. The van der Waals surface area contributed by atoms with Gasteiger partial charge in [0.15, 0.2) is 0 Å². The molecule has 2 aliphatic rings.